The van der Waals surface area contributed by atoms with Gasteiger partial charge in [-0.1, -0.05) is 0 Å². The van der Waals surface area contributed by atoms with Gasteiger partial charge in [0, 0.05) is 11.6 Å². The van der Waals surface area contributed by atoms with Crippen LogP contribution in [0.2, 0.25) is 0 Å². The first-order valence-electron chi connectivity index (χ1n) is 7.84. The van der Waals surface area contributed by atoms with E-state index in [0.717, 1.165) is 0 Å². The van der Waals surface area contributed by atoms with E-state index in [2.05, 4.69) is 0 Å². The summed E-state index contributed by atoms with van der Waals surface area (Å²) >= 11 is 1.28. The zero-order valence-electron chi connectivity index (χ0n) is 14.2. The molecule has 0 saturated heterocycles. The molecule has 2 heterocycles. The lowest BCUT2D eigenvalue weighted by atomic mass is 10.1. The molecule has 2 aromatic heterocycles. The molecule has 1 aromatic carbocycles. The van der Waals surface area contributed by atoms with Gasteiger partial charge in [0.2, 0.25) is 0 Å². The van der Waals surface area contributed by atoms with Gasteiger partial charge in [0.25, 0.3) is 5.56 Å². The SMILES string of the molecule is COc1ccc(C(=O)Cn2c(=O)n(C(C)C)c(=O)c3sccc32)cc1. The number of nitrogens with zero attached hydrogens (tertiary/aromatic N) is 2. The van der Waals surface area contributed by atoms with Crippen molar-refractivity contribution in [3.05, 3.63) is 62.1 Å². The Kier molecular flexibility index (Phi) is 4.59. The van der Waals surface area contributed by atoms with Crippen molar-refractivity contribution in [2.75, 3.05) is 7.11 Å². The summed E-state index contributed by atoms with van der Waals surface area (Å²) in [4.78, 5) is 37.9. The van der Waals surface area contributed by atoms with Crippen molar-refractivity contribution in [2.24, 2.45) is 0 Å². The summed E-state index contributed by atoms with van der Waals surface area (Å²) in [5.74, 6) is 0.452. The molecule has 3 aromatic rings. The highest BCUT2D eigenvalue weighted by Crippen LogP contribution is 2.17. The van der Waals surface area contributed by atoms with Gasteiger partial charge < -0.3 is 4.74 Å². The van der Waals surface area contributed by atoms with Crippen LogP contribution in [0, 0.1) is 0 Å². The summed E-state index contributed by atoms with van der Waals surface area (Å²) in [6.45, 7) is 3.43. The summed E-state index contributed by atoms with van der Waals surface area (Å²) in [5.41, 5.74) is 0.211. The van der Waals surface area contributed by atoms with Crippen LogP contribution in [-0.2, 0) is 6.54 Å². The van der Waals surface area contributed by atoms with Crippen LogP contribution in [0.4, 0.5) is 0 Å². The lowest BCUT2D eigenvalue weighted by Gasteiger charge is -2.14. The fourth-order valence-electron chi connectivity index (χ4n) is 2.72. The van der Waals surface area contributed by atoms with Gasteiger partial charge in [-0.3, -0.25) is 18.7 Å². The topological polar surface area (TPSA) is 70.3 Å². The third-order valence-electron chi connectivity index (χ3n) is 4.02. The molecule has 130 valence electrons. The largest absolute Gasteiger partial charge is 0.497 e. The van der Waals surface area contributed by atoms with Crippen molar-refractivity contribution in [1.29, 1.82) is 0 Å². The van der Waals surface area contributed by atoms with Gasteiger partial charge in [-0.25, -0.2) is 4.79 Å². The minimum atomic E-state index is -0.465. The maximum atomic E-state index is 12.8. The van der Waals surface area contributed by atoms with Crippen molar-refractivity contribution in [2.45, 2.75) is 26.4 Å². The molecule has 0 saturated carbocycles. The summed E-state index contributed by atoms with van der Waals surface area (Å²) in [6.07, 6.45) is 0. The molecule has 0 bridgehead atoms. The van der Waals surface area contributed by atoms with Crippen LogP contribution in [-0.4, -0.2) is 22.0 Å². The van der Waals surface area contributed by atoms with E-state index in [-0.39, 0.29) is 23.9 Å². The fourth-order valence-corrected chi connectivity index (χ4v) is 3.56. The lowest BCUT2D eigenvalue weighted by molar-refractivity contribution is 0.0971. The van der Waals surface area contributed by atoms with E-state index in [9.17, 15) is 14.4 Å². The molecule has 3 rings (SSSR count). The Morgan fingerprint density at radius 2 is 1.84 bits per heavy atom. The third kappa shape index (κ3) is 3.02. The number of rotatable bonds is 5. The average molecular weight is 358 g/mol. The molecular weight excluding hydrogens is 340 g/mol. The molecule has 0 atom stereocenters. The van der Waals surface area contributed by atoms with Gasteiger partial charge in [0.05, 0.1) is 19.2 Å². The number of benzene rings is 1. The highest BCUT2D eigenvalue weighted by Gasteiger charge is 2.18. The highest BCUT2D eigenvalue weighted by molar-refractivity contribution is 7.17. The number of carbonyl (C=O) groups excluding carboxylic acids is 1. The number of methoxy groups -OCH3 is 1. The number of ether oxygens (including phenoxy) is 1. The van der Waals surface area contributed by atoms with Crippen LogP contribution < -0.4 is 16.0 Å². The van der Waals surface area contributed by atoms with E-state index in [1.807, 2.05) is 0 Å². The molecule has 6 nitrogen and oxygen atoms in total. The highest BCUT2D eigenvalue weighted by atomic mass is 32.1. The maximum absolute atomic E-state index is 12.8. The van der Waals surface area contributed by atoms with Crippen LogP contribution in [0.3, 0.4) is 0 Å². The Balaban J connectivity index is 2.09. The van der Waals surface area contributed by atoms with Gasteiger partial charge in [-0.2, -0.15) is 0 Å². The van der Waals surface area contributed by atoms with Crippen LogP contribution in [0.15, 0.2) is 45.3 Å². The lowest BCUT2D eigenvalue weighted by Crippen LogP contribution is -2.41. The minimum absolute atomic E-state index is 0.120. The number of carbonyl (C=O) groups is 1. The first-order valence-corrected chi connectivity index (χ1v) is 8.71. The van der Waals surface area contributed by atoms with Gasteiger partial charge in [0.1, 0.15) is 10.4 Å². The maximum Gasteiger partial charge on any atom is 0.332 e. The van der Waals surface area contributed by atoms with Crippen molar-refractivity contribution in [3.8, 4) is 5.75 Å². The first-order chi connectivity index (χ1) is 11.9. The summed E-state index contributed by atoms with van der Waals surface area (Å²) in [6, 6.07) is 8.14. The van der Waals surface area contributed by atoms with Crippen LogP contribution in [0.5, 0.6) is 5.75 Å². The molecule has 7 heteroatoms. The monoisotopic (exact) mass is 358 g/mol. The number of ketones is 1. The molecule has 0 N–H and O–H groups in total. The van der Waals surface area contributed by atoms with E-state index in [1.54, 1.807) is 56.7 Å². The number of thiophene rings is 1. The van der Waals surface area contributed by atoms with Crippen molar-refractivity contribution < 1.29 is 9.53 Å². The second-order valence-corrected chi connectivity index (χ2v) is 6.84. The van der Waals surface area contributed by atoms with Gasteiger partial charge >= 0.3 is 5.69 Å². The van der Waals surface area contributed by atoms with Gasteiger partial charge in [0.15, 0.2) is 5.78 Å². The molecule has 0 spiro atoms. The van der Waals surface area contributed by atoms with Crippen molar-refractivity contribution in [3.63, 3.8) is 0 Å². The molecule has 0 amide bonds. The number of fused-ring (bicyclic) bond motifs is 1. The quantitative estimate of drug-likeness (QED) is 0.658. The predicted octanol–water partition coefficient (Wildman–Crippen LogP) is 2.70. The van der Waals surface area contributed by atoms with Crippen molar-refractivity contribution in [1.82, 2.24) is 9.13 Å². The van der Waals surface area contributed by atoms with E-state index in [0.29, 0.717) is 21.5 Å². The fraction of sp³-hybridized carbons (Fsp3) is 0.278. The normalized spacial score (nSPS) is 11.2. The first kappa shape index (κ1) is 17.2. The average Bonchev–Trinajstić information content (AvgIpc) is 3.08. The Labute approximate surface area is 147 Å². The Hall–Kier alpha value is -2.67. The molecule has 0 radical (unpaired) electrons. The van der Waals surface area contributed by atoms with E-state index in [1.165, 1.54) is 20.5 Å². The van der Waals surface area contributed by atoms with Crippen LogP contribution in [0.1, 0.15) is 30.2 Å². The molecule has 0 aliphatic carbocycles. The van der Waals surface area contributed by atoms with Crippen LogP contribution >= 0.6 is 11.3 Å². The Morgan fingerprint density at radius 1 is 1.16 bits per heavy atom. The van der Waals surface area contributed by atoms with Crippen LogP contribution in [0.25, 0.3) is 10.2 Å². The van der Waals surface area contributed by atoms with Crippen molar-refractivity contribution >= 4 is 27.3 Å². The van der Waals surface area contributed by atoms with Gasteiger partial charge in [-0.15, -0.1) is 11.3 Å². The summed E-state index contributed by atoms with van der Waals surface area (Å²) in [7, 11) is 1.55. The predicted molar refractivity (Wildman–Crippen MR) is 98.1 cm³/mol. The Bertz CT molecular complexity index is 1040. The number of hydrogen-bond donors (Lipinski definition) is 0. The molecular formula is C18H18N2O4S. The number of hydrogen-bond acceptors (Lipinski definition) is 5. The molecule has 0 aliphatic rings. The second kappa shape index (κ2) is 6.68. The summed E-state index contributed by atoms with van der Waals surface area (Å²) in [5, 5.41) is 1.75. The smallest absolute Gasteiger partial charge is 0.332 e. The molecule has 25 heavy (non-hydrogen) atoms. The standard InChI is InChI=1S/C18H18N2O4S/c1-11(2)20-17(22)16-14(8-9-25-16)19(18(20)23)10-15(21)12-4-6-13(24-3)7-5-12/h4-9,11H,10H2,1-3H3. The number of aromatic nitrogens is 2. The molecule has 0 unspecified atom stereocenters. The third-order valence-corrected chi connectivity index (χ3v) is 4.91. The Morgan fingerprint density at radius 3 is 2.44 bits per heavy atom. The van der Waals surface area contributed by atoms with E-state index in [4.69, 9.17) is 4.74 Å². The summed E-state index contributed by atoms with van der Waals surface area (Å²) < 4.78 is 8.14. The minimum Gasteiger partial charge on any atom is -0.497 e. The van der Waals surface area contributed by atoms with E-state index < -0.39 is 5.69 Å². The van der Waals surface area contributed by atoms with Gasteiger partial charge in [-0.05, 0) is 49.6 Å². The number of Topliss-reactive ketones (excluding diaryl/α,β-unsaturated/α-hetero) is 1. The molecule has 0 aliphatic heterocycles. The zero-order chi connectivity index (χ0) is 18.1. The molecule has 0 fully saturated rings. The van der Waals surface area contributed by atoms with E-state index >= 15 is 0 Å². The zero-order valence-corrected chi connectivity index (χ0v) is 15.0. The second-order valence-electron chi connectivity index (χ2n) is 5.92.